The van der Waals surface area contributed by atoms with E-state index in [4.69, 9.17) is 0 Å². The molecule has 0 amide bonds. The van der Waals surface area contributed by atoms with Gasteiger partial charge in [0.25, 0.3) is 0 Å². The minimum Gasteiger partial charge on any atom is -0.302 e. The largest absolute Gasteiger partial charge is 0.302 e. The molecule has 2 aromatic rings. The van der Waals surface area contributed by atoms with Crippen molar-refractivity contribution in [1.29, 1.82) is 0 Å². The molecule has 0 bridgehead atoms. The fourth-order valence-electron chi connectivity index (χ4n) is 2.88. The van der Waals surface area contributed by atoms with E-state index in [1.165, 1.54) is 15.6 Å². The Bertz CT molecular complexity index is 687. The van der Waals surface area contributed by atoms with E-state index < -0.39 is 0 Å². The van der Waals surface area contributed by atoms with Crippen LogP contribution in [0, 0.1) is 5.41 Å². The average Bonchev–Trinajstić information content (AvgIpc) is 2.85. The molecule has 2 unspecified atom stereocenters. The summed E-state index contributed by atoms with van der Waals surface area (Å²) in [5.41, 5.74) is 0.805. The zero-order valence-electron chi connectivity index (χ0n) is 15.4. The Kier molecular flexibility index (Phi) is 5.03. The minimum atomic E-state index is -0.358. The molecule has 1 N–H and O–H groups in total. The van der Waals surface area contributed by atoms with Gasteiger partial charge in [-0.05, 0) is 43.2 Å². The smallest absolute Gasteiger partial charge is 0.155 e. The number of nitrogens with one attached hydrogen (secondary N) is 1. The van der Waals surface area contributed by atoms with Crippen LogP contribution in [-0.4, -0.2) is 17.4 Å². The van der Waals surface area contributed by atoms with Crippen LogP contribution in [0.1, 0.15) is 59.9 Å². The lowest BCUT2D eigenvalue weighted by Crippen LogP contribution is -2.53. The maximum Gasteiger partial charge on any atom is 0.155 e. The summed E-state index contributed by atoms with van der Waals surface area (Å²) in [5, 5.41) is 7.05. The van der Waals surface area contributed by atoms with Crippen molar-refractivity contribution in [2.75, 3.05) is 0 Å². The molecule has 1 heterocycles. The molecule has 3 heteroatoms. The van der Waals surface area contributed by atoms with Crippen LogP contribution in [0.3, 0.4) is 0 Å². The van der Waals surface area contributed by atoms with Crippen LogP contribution in [0.5, 0.6) is 0 Å². The molecule has 0 fully saturated rings. The van der Waals surface area contributed by atoms with Gasteiger partial charge in [0.1, 0.15) is 0 Å². The van der Waals surface area contributed by atoms with E-state index in [0.717, 1.165) is 0 Å². The van der Waals surface area contributed by atoms with Crippen LogP contribution in [0.15, 0.2) is 29.6 Å². The number of benzene rings is 1. The van der Waals surface area contributed by atoms with Crippen molar-refractivity contribution in [2.45, 2.75) is 66.0 Å². The Hall–Kier alpha value is -1.19. The first kappa shape index (κ1) is 18.2. The van der Waals surface area contributed by atoms with Gasteiger partial charge in [0, 0.05) is 21.6 Å². The summed E-state index contributed by atoms with van der Waals surface area (Å²) in [7, 11) is 0. The zero-order chi connectivity index (χ0) is 17.4. The summed E-state index contributed by atoms with van der Waals surface area (Å²) in [5.74, 6) is 0.410. The van der Waals surface area contributed by atoms with Crippen molar-refractivity contribution >= 4 is 27.2 Å². The number of carbonyl (C=O) groups is 1. The highest BCUT2D eigenvalue weighted by atomic mass is 32.1. The highest BCUT2D eigenvalue weighted by Crippen LogP contribution is 2.35. The van der Waals surface area contributed by atoms with Gasteiger partial charge in [-0.1, -0.05) is 45.9 Å². The number of fused-ring (bicyclic) bond motifs is 1. The average molecular weight is 332 g/mol. The van der Waals surface area contributed by atoms with E-state index in [0.29, 0.717) is 0 Å². The summed E-state index contributed by atoms with van der Waals surface area (Å²) in [6.07, 6.45) is 0. The molecular formula is C20H29NOS. The molecule has 2 atom stereocenters. The topological polar surface area (TPSA) is 29.1 Å². The Morgan fingerprint density at radius 2 is 1.70 bits per heavy atom. The molecule has 0 saturated heterocycles. The van der Waals surface area contributed by atoms with Crippen LogP contribution in [0.4, 0.5) is 0 Å². The third-order valence-corrected chi connectivity index (χ3v) is 5.09. The zero-order valence-corrected chi connectivity index (χ0v) is 16.2. The van der Waals surface area contributed by atoms with E-state index in [1.807, 2.05) is 20.8 Å². The minimum absolute atomic E-state index is 0.105. The second-order valence-corrected chi connectivity index (χ2v) is 9.37. The molecule has 2 nitrogen and oxygen atoms in total. The van der Waals surface area contributed by atoms with Gasteiger partial charge in [0.15, 0.2) is 5.78 Å². The molecule has 2 rings (SSSR count). The SMILES string of the molecule is CC(c1csc2ccccc12)C(NC(C)(C)C)C(=O)C(C)(C)C. The summed E-state index contributed by atoms with van der Waals surface area (Å²) in [6, 6.07) is 8.26. The normalized spacial score (nSPS) is 15.6. The molecule has 126 valence electrons. The third-order valence-electron chi connectivity index (χ3n) is 4.11. The molecule has 1 aromatic carbocycles. The predicted octanol–water partition coefficient (Wildman–Crippen LogP) is 5.38. The van der Waals surface area contributed by atoms with Crippen LogP contribution >= 0.6 is 11.3 Å². The first-order valence-electron chi connectivity index (χ1n) is 8.29. The lowest BCUT2D eigenvalue weighted by molar-refractivity contribution is -0.129. The molecule has 0 aliphatic rings. The Balaban J connectivity index is 2.44. The van der Waals surface area contributed by atoms with Gasteiger partial charge in [-0.15, -0.1) is 11.3 Å². The molecule has 0 aliphatic heterocycles. The second kappa shape index (κ2) is 6.37. The highest BCUT2D eigenvalue weighted by Gasteiger charge is 2.36. The molecule has 0 aliphatic carbocycles. The van der Waals surface area contributed by atoms with E-state index in [-0.39, 0.29) is 28.7 Å². The molecular weight excluding hydrogens is 302 g/mol. The lowest BCUT2D eigenvalue weighted by atomic mass is 9.79. The van der Waals surface area contributed by atoms with Crippen molar-refractivity contribution in [1.82, 2.24) is 5.32 Å². The molecule has 0 saturated carbocycles. The van der Waals surface area contributed by atoms with E-state index in [1.54, 1.807) is 11.3 Å². The summed E-state index contributed by atoms with van der Waals surface area (Å²) in [6.45, 7) is 14.5. The van der Waals surface area contributed by atoms with Gasteiger partial charge in [0.2, 0.25) is 0 Å². The number of carbonyl (C=O) groups excluding carboxylic acids is 1. The number of hydrogen-bond acceptors (Lipinski definition) is 3. The number of thiophene rings is 1. The maximum atomic E-state index is 13.1. The van der Waals surface area contributed by atoms with E-state index in [9.17, 15) is 4.79 Å². The van der Waals surface area contributed by atoms with Crippen molar-refractivity contribution in [2.24, 2.45) is 5.41 Å². The van der Waals surface area contributed by atoms with Crippen LogP contribution in [0.25, 0.3) is 10.1 Å². The van der Waals surface area contributed by atoms with Crippen molar-refractivity contribution in [3.8, 4) is 0 Å². The highest BCUT2D eigenvalue weighted by molar-refractivity contribution is 7.17. The number of rotatable bonds is 4. The van der Waals surface area contributed by atoms with Crippen LogP contribution < -0.4 is 5.32 Å². The predicted molar refractivity (Wildman–Crippen MR) is 101 cm³/mol. The molecule has 23 heavy (non-hydrogen) atoms. The van der Waals surface area contributed by atoms with Crippen molar-refractivity contribution in [3.05, 3.63) is 35.2 Å². The third kappa shape index (κ3) is 4.21. The number of Topliss-reactive ketones (excluding diaryl/α,β-unsaturated/α-hetero) is 1. The summed E-state index contributed by atoms with van der Waals surface area (Å²) >= 11 is 1.76. The number of ketones is 1. The Morgan fingerprint density at radius 1 is 1.09 bits per heavy atom. The second-order valence-electron chi connectivity index (χ2n) is 8.46. The van der Waals surface area contributed by atoms with Gasteiger partial charge >= 0.3 is 0 Å². The quantitative estimate of drug-likeness (QED) is 0.815. The van der Waals surface area contributed by atoms with Crippen LogP contribution in [-0.2, 0) is 4.79 Å². The van der Waals surface area contributed by atoms with Crippen molar-refractivity contribution < 1.29 is 4.79 Å². The summed E-state index contributed by atoms with van der Waals surface area (Å²) < 4.78 is 1.28. The van der Waals surface area contributed by atoms with Gasteiger partial charge in [-0.3, -0.25) is 4.79 Å². The van der Waals surface area contributed by atoms with Gasteiger partial charge in [-0.25, -0.2) is 0 Å². The maximum absolute atomic E-state index is 13.1. The van der Waals surface area contributed by atoms with Gasteiger partial charge < -0.3 is 5.32 Å². The first-order valence-corrected chi connectivity index (χ1v) is 9.17. The Morgan fingerprint density at radius 3 is 2.26 bits per heavy atom. The number of hydrogen-bond donors (Lipinski definition) is 1. The standard InChI is InChI=1S/C20H29NOS/c1-13(15-12-23-16-11-9-8-10-14(15)16)17(21-20(5,6)7)18(22)19(2,3)4/h8-13,17,21H,1-7H3. The first-order chi connectivity index (χ1) is 10.5. The van der Waals surface area contributed by atoms with Crippen LogP contribution in [0.2, 0.25) is 0 Å². The van der Waals surface area contributed by atoms with E-state index in [2.05, 4.69) is 62.7 Å². The Labute approximate surface area is 144 Å². The van der Waals surface area contributed by atoms with Gasteiger partial charge in [0.05, 0.1) is 6.04 Å². The molecule has 0 radical (unpaired) electrons. The van der Waals surface area contributed by atoms with Crippen molar-refractivity contribution in [3.63, 3.8) is 0 Å². The fraction of sp³-hybridized carbons (Fsp3) is 0.550. The molecule has 1 aromatic heterocycles. The summed E-state index contributed by atoms with van der Waals surface area (Å²) in [4.78, 5) is 13.1. The van der Waals surface area contributed by atoms with Gasteiger partial charge in [-0.2, -0.15) is 0 Å². The fourth-order valence-corrected chi connectivity index (χ4v) is 3.95. The van der Waals surface area contributed by atoms with E-state index >= 15 is 0 Å². The molecule has 0 spiro atoms. The lowest BCUT2D eigenvalue weighted by Gasteiger charge is -2.35. The monoisotopic (exact) mass is 331 g/mol.